The van der Waals surface area contributed by atoms with E-state index in [0.717, 1.165) is 29.2 Å². The number of halogens is 1. The molecular weight excluding hydrogens is 424 g/mol. The largest absolute Gasteiger partial charge is 0.288 e. The number of nitrogens with zero attached hydrogens (tertiary/aromatic N) is 4. The van der Waals surface area contributed by atoms with Crippen LogP contribution in [0.15, 0.2) is 24.8 Å². The van der Waals surface area contributed by atoms with Crippen LogP contribution in [0, 0.1) is 0 Å². The average Bonchev–Trinajstić information content (AvgIpc) is 2.65. The van der Waals surface area contributed by atoms with Crippen molar-refractivity contribution in [3.63, 3.8) is 0 Å². The van der Waals surface area contributed by atoms with Crippen molar-refractivity contribution in [3.8, 4) is 0 Å². The van der Waals surface area contributed by atoms with Crippen LogP contribution in [-0.2, 0) is 33.3 Å². The van der Waals surface area contributed by atoms with Gasteiger partial charge in [-0.15, -0.1) is 12.4 Å². The van der Waals surface area contributed by atoms with Gasteiger partial charge < -0.3 is 0 Å². The van der Waals surface area contributed by atoms with Crippen molar-refractivity contribution in [2.45, 2.75) is 44.5 Å². The number of aryl methyl sites for hydroxylation is 1. The van der Waals surface area contributed by atoms with Gasteiger partial charge in [-0.05, 0) is 6.42 Å². The van der Waals surface area contributed by atoms with Gasteiger partial charge in [-0.2, -0.15) is 12.6 Å². The molecular formula is C17H23ClN4O2S3. The maximum atomic E-state index is 10.8. The molecule has 0 aliphatic carbocycles. The van der Waals surface area contributed by atoms with E-state index in [1.165, 1.54) is 37.4 Å². The Hall–Kier alpha value is -1.16. The number of carbonyl (C=O) groups excluding carboxylic acids is 2. The molecule has 0 spiro atoms. The molecule has 0 amide bonds. The zero-order chi connectivity index (χ0) is 19.4. The lowest BCUT2D eigenvalue weighted by Crippen LogP contribution is -2.00. The fourth-order valence-electron chi connectivity index (χ4n) is 1.80. The number of carbonyl (C=O) groups is 2. The summed E-state index contributed by atoms with van der Waals surface area (Å²) in [4.78, 5) is 38.3. The average molecular weight is 447 g/mol. The van der Waals surface area contributed by atoms with E-state index >= 15 is 0 Å². The van der Waals surface area contributed by atoms with Gasteiger partial charge in [-0.1, -0.05) is 30.4 Å². The molecule has 2 heterocycles. The quantitative estimate of drug-likeness (QED) is 0.668. The molecule has 0 aliphatic heterocycles. The lowest BCUT2D eigenvalue weighted by Gasteiger charge is -2.04. The van der Waals surface area contributed by atoms with E-state index in [-0.39, 0.29) is 22.6 Å². The Morgan fingerprint density at radius 2 is 1.19 bits per heavy atom. The summed E-state index contributed by atoms with van der Waals surface area (Å²) in [5.41, 5.74) is 3.60. The van der Waals surface area contributed by atoms with Crippen LogP contribution in [0.3, 0.4) is 0 Å². The molecule has 0 fully saturated rings. The maximum Gasteiger partial charge on any atom is 0.186 e. The van der Waals surface area contributed by atoms with E-state index in [1.54, 1.807) is 24.8 Å². The normalized spacial score (nSPS) is 9.63. The number of thiol groups is 1. The zero-order valence-electron chi connectivity index (χ0n) is 15.4. The maximum absolute atomic E-state index is 10.8. The van der Waals surface area contributed by atoms with Crippen molar-refractivity contribution in [3.05, 3.63) is 47.6 Å². The summed E-state index contributed by atoms with van der Waals surface area (Å²) in [6.45, 7) is 5.10. The molecule has 0 aromatic carbocycles. The number of thioether (sulfide) groups is 2. The summed E-state index contributed by atoms with van der Waals surface area (Å²) in [5, 5.41) is 0.103. The van der Waals surface area contributed by atoms with Crippen LogP contribution in [0.1, 0.15) is 43.5 Å². The van der Waals surface area contributed by atoms with Gasteiger partial charge in [0, 0.05) is 55.9 Å². The van der Waals surface area contributed by atoms with Crippen LogP contribution in [0.25, 0.3) is 0 Å². The van der Waals surface area contributed by atoms with Crippen molar-refractivity contribution in [1.29, 1.82) is 0 Å². The van der Waals surface area contributed by atoms with Crippen molar-refractivity contribution in [2.75, 3.05) is 0 Å². The summed E-state index contributed by atoms with van der Waals surface area (Å²) in [5.74, 6) is 1.70. The zero-order valence-corrected chi connectivity index (χ0v) is 18.8. The van der Waals surface area contributed by atoms with Gasteiger partial charge in [-0.25, -0.2) is 0 Å². The third kappa shape index (κ3) is 10.7. The van der Waals surface area contributed by atoms with Crippen LogP contribution in [0.2, 0.25) is 0 Å². The van der Waals surface area contributed by atoms with Crippen LogP contribution in [-0.4, -0.2) is 30.2 Å². The fraction of sp³-hybridized carbons (Fsp3) is 0.412. The molecule has 0 saturated carbocycles. The van der Waals surface area contributed by atoms with Gasteiger partial charge in [-0.3, -0.25) is 29.5 Å². The molecule has 0 bridgehead atoms. The highest BCUT2D eigenvalue weighted by atomic mass is 35.5. The second-order valence-electron chi connectivity index (χ2n) is 4.97. The van der Waals surface area contributed by atoms with Gasteiger partial charge in [0.1, 0.15) is 0 Å². The molecule has 2 aromatic rings. The third-order valence-electron chi connectivity index (χ3n) is 3.03. The van der Waals surface area contributed by atoms with Crippen LogP contribution >= 0.6 is 48.6 Å². The van der Waals surface area contributed by atoms with Crippen LogP contribution < -0.4 is 0 Å². The third-order valence-corrected chi connectivity index (χ3v) is 4.98. The molecule has 2 aromatic heterocycles. The highest BCUT2D eigenvalue weighted by Gasteiger charge is 2.08. The Morgan fingerprint density at radius 1 is 0.815 bits per heavy atom. The van der Waals surface area contributed by atoms with E-state index in [0.29, 0.717) is 17.3 Å². The molecule has 0 unspecified atom stereocenters. The van der Waals surface area contributed by atoms with Gasteiger partial charge in [0.2, 0.25) is 0 Å². The number of hydrogen-bond donors (Lipinski definition) is 1. The van der Waals surface area contributed by atoms with E-state index in [2.05, 4.69) is 39.5 Å². The SMILES string of the molecule is CC(=O)SCc1nccnc1CSC(C)=O.CCc1nccnc1CS.Cl. The molecule has 27 heavy (non-hydrogen) atoms. The van der Waals surface area contributed by atoms with E-state index in [1.807, 2.05) is 0 Å². The van der Waals surface area contributed by atoms with Crippen molar-refractivity contribution in [2.24, 2.45) is 0 Å². The fourth-order valence-corrected chi connectivity index (χ4v) is 3.23. The van der Waals surface area contributed by atoms with Crippen LogP contribution in [0.4, 0.5) is 0 Å². The summed E-state index contributed by atoms with van der Waals surface area (Å²) in [6.07, 6.45) is 7.54. The molecule has 6 nitrogen and oxygen atoms in total. The first-order valence-corrected chi connectivity index (χ1v) is 10.5. The number of rotatable bonds is 6. The van der Waals surface area contributed by atoms with Gasteiger partial charge in [0.05, 0.1) is 22.8 Å². The monoisotopic (exact) mass is 446 g/mol. The summed E-state index contributed by atoms with van der Waals surface area (Å²) >= 11 is 6.53. The number of hydrogen-bond acceptors (Lipinski definition) is 9. The predicted molar refractivity (Wildman–Crippen MR) is 117 cm³/mol. The summed E-state index contributed by atoms with van der Waals surface area (Å²) < 4.78 is 0. The minimum atomic E-state index is 0. The van der Waals surface area contributed by atoms with Gasteiger partial charge >= 0.3 is 0 Å². The first kappa shape index (κ1) is 25.8. The van der Waals surface area contributed by atoms with E-state index < -0.39 is 0 Å². The topological polar surface area (TPSA) is 85.7 Å². The molecule has 0 aliphatic rings. The first-order chi connectivity index (χ1) is 12.5. The highest BCUT2D eigenvalue weighted by Crippen LogP contribution is 2.18. The van der Waals surface area contributed by atoms with Gasteiger partial charge in [0.15, 0.2) is 10.2 Å². The molecule has 2 rings (SSSR count). The second-order valence-corrected chi connectivity index (χ2v) is 7.59. The Kier molecular flexibility index (Phi) is 14.2. The smallest absolute Gasteiger partial charge is 0.186 e. The predicted octanol–water partition coefficient (Wildman–Crippen LogP) is 3.93. The lowest BCUT2D eigenvalue weighted by atomic mass is 10.3. The summed E-state index contributed by atoms with van der Waals surface area (Å²) in [7, 11) is 0. The summed E-state index contributed by atoms with van der Waals surface area (Å²) in [6, 6.07) is 0. The Bertz CT molecular complexity index is 675. The van der Waals surface area contributed by atoms with Crippen molar-refractivity contribution < 1.29 is 9.59 Å². The Labute approximate surface area is 180 Å². The Balaban J connectivity index is 0.000000531. The lowest BCUT2D eigenvalue weighted by molar-refractivity contribution is -0.109. The standard InChI is InChI=1S/C10H12N2O2S2.C7H10N2S.ClH/c1-7(13)15-5-9-10(6-16-8(2)14)12-4-3-11-9;1-2-6-7(5-10)9-4-3-8-6;/h3-4H,5-6H2,1-2H3;3-4,10H,2,5H2,1H3;1H. The first-order valence-electron chi connectivity index (χ1n) is 7.93. The minimum Gasteiger partial charge on any atom is -0.288 e. The number of aromatic nitrogens is 4. The van der Waals surface area contributed by atoms with E-state index in [9.17, 15) is 9.59 Å². The molecule has 0 saturated heterocycles. The van der Waals surface area contributed by atoms with E-state index in [4.69, 9.17) is 0 Å². The second kappa shape index (κ2) is 14.8. The molecule has 0 N–H and O–H groups in total. The molecule has 0 atom stereocenters. The van der Waals surface area contributed by atoms with Gasteiger partial charge in [0.25, 0.3) is 0 Å². The van der Waals surface area contributed by atoms with Crippen molar-refractivity contribution >= 4 is 58.8 Å². The van der Waals surface area contributed by atoms with Crippen molar-refractivity contribution in [1.82, 2.24) is 19.9 Å². The highest BCUT2D eigenvalue weighted by molar-refractivity contribution is 8.13. The molecule has 10 heteroatoms. The molecule has 0 radical (unpaired) electrons. The molecule has 148 valence electrons. The van der Waals surface area contributed by atoms with Crippen LogP contribution in [0.5, 0.6) is 0 Å². The minimum absolute atomic E-state index is 0. The Morgan fingerprint density at radius 3 is 1.48 bits per heavy atom.